The van der Waals surface area contributed by atoms with Gasteiger partial charge in [0.05, 0.1) is 12.0 Å². The van der Waals surface area contributed by atoms with E-state index in [-0.39, 0.29) is 12.0 Å². The highest BCUT2D eigenvalue weighted by molar-refractivity contribution is 7.09. The first-order valence-corrected chi connectivity index (χ1v) is 8.15. The van der Waals surface area contributed by atoms with Gasteiger partial charge < -0.3 is 4.74 Å². The summed E-state index contributed by atoms with van der Waals surface area (Å²) in [7, 11) is 0. The minimum absolute atomic E-state index is 0.000856. The van der Waals surface area contributed by atoms with Crippen molar-refractivity contribution in [2.24, 2.45) is 0 Å². The van der Waals surface area contributed by atoms with Crippen molar-refractivity contribution in [1.29, 1.82) is 0 Å². The molecule has 2 amide bonds. The number of hydrogen-bond acceptors (Lipinski definition) is 6. The number of amides is 2. The Morgan fingerprint density at radius 3 is 2.56 bits per heavy atom. The first-order chi connectivity index (χ1) is 11.8. The summed E-state index contributed by atoms with van der Waals surface area (Å²) in [6, 6.07) is 3.87. The van der Waals surface area contributed by atoms with E-state index >= 15 is 0 Å². The molecule has 1 aromatic carbocycles. The van der Waals surface area contributed by atoms with Crippen molar-refractivity contribution in [3.63, 3.8) is 0 Å². The molecule has 0 radical (unpaired) electrons. The Morgan fingerprint density at radius 2 is 1.92 bits per heavy atom. The van der Waals surface area contributed by atoms with Gasteiger partial charge in [0.1, 0.15) is 10.8 Å². The SMILES string of the molecule is Cc1csc(CC(=O)NNC(=O)COC(=O)c2ccc(C)c(F)c2)n1. The Balaban J connectivity index is 1.73. The third-order valence-electron chi connectivity index (χ3n) is 3.06. The molecule has 0 saturated heterocycles. The molecule has 0 aliphatic rings. The number of carbonyl (C=O) groups excluding carboxylic acids is 3. The van der Waals surface area contributed by atoms with Gasteiger partial charge in [0, 0.05) is 11.1 Å². The van der Waals surface area contributed by atoms with Crippen LogP contribution in [0.5, 0.6) is 0 Å². The summed E-state index contributed by atoms with van der Waals surface area (Å²) in [6.45, 7) is 2.77. The van der Waals surface area contributed by atoms with Gasteiger partial charge in [-0.15, -0.1) is 11.3 Å². The number of aryl methyl sites for hydroxylation is 2. The van der Waals surface area contributed by atoms with Crippen LogP contribution in [-0.4, -0.2) is 29.4 Å². The van der Waals surface area contributed by atoms with Crippen molar-refractivity contribution < 1.29 is 23.5 Å². The number of hydrogen-bond donors (Lipinski definition) is 2. The third kappa shape index (κ3) is 5.64. The Morgan fingerprint density at radius 1 is 1.20 bits per heavy atom. The number of thiazole rings is 1. The maximum absolute atomic E-state index is 13.4. The molecule has 2 rings (SSSR count). The smallest absolute Gasteiger partial charge is 0.338 e. The van der Waals surface area contributed by atoms with Gasteiger partial charge in [-0.1, -0.05) is 6.07 Å². The van der Waals surface area contributed by atoms with E-state index < -0.39 is 30.2 Å². The predicted molar refractivity (Wildman–Crippen MR) is 88.3 cm³/mol. The van der Waals surface area contributed by atoms with Crippen molar-refractivity contribution >= 4 is 29.1 Å². The Bertz CT molecular complexity index is 806. The molecule has 0 atom stereocenters. The molecule has 0 aliphatic heterocycles. The van der Waals surface area contributed by atoms with Crippen molar-refractivity contribution in [2.45, 2.75) is 20.3 Å². The van der Waals surface area contributed by atoms with E-state index in [0.29, 0.717) is 10.6 Å². The normalized spacial score (nSPS) is 10.2. The van der Waals surface area contributed by atoms with Crippen LogP contribution in [0.4, 0.5) is 4.39 Å². The predicted octanol–water partition coefficient (Wildman–Crippen LogP) is 1.45. The Hall–Kier alpha value is -2.81. The molecule has 2 N–H and O–H groups in total. The second-order valence-corrected chi connectivity index (χ2v) is 6.14. The average Bonchev–Trinajstić information content (AvgIpc) is 2.98. The van der Waals surface area contributed by atoms with E-state index in [9.17, 15) is 18.8 Å². The van der Waals surface area contributed by atoms with Gasteiger partial charge in [-0.05, 0) is 31.5 Å². The maximum atomic E-state index is 13.4. The molecule has 132 valence electrons. The zero-order valence-corrected chi connectivity index (χ0v) is 14.4. The molecular weight excluding hydrogens is 349 g/mol. The summed E-state index contributed by atoms with van der Waals surface area (Å²) in [5, 5.41) is 2.44. The van der Waals surface area contributed by atoms with E-state index in [0.717, 1.165) is 11.8 Å². The number of esters is 1. The lowest BCUT2D eigenvalue weighted by Gasteiger charge is -2.08. The number of nitrogens with one attached hydrogen (secondary N) is 2. The van der Waals surface area contributed by atoms with E-state index in [4.69, 9.17) is 4.74 Å². The minimum atomic E-state index is -0.835. The van der Waals surface area contributed by atoms with Crippen molar-refractivity contribution in [2.75, 3.05) is 6.61 Å². The minimum Gasteiger partial charge on any atom is -0.452 e. The number of ether oxygens (including phenoxy) is 1. The lowest BCUT2D eigenvalue weighted by Crippen LogP contribution is -2.44. The fourth-order valence-corrected chi connectivity index (χ4v) is 2.55. The van der Waals surface area contributed by atoms with Crippen molar-refractivity contribution in [3.05, 3.63) is 51.2 Å². The van der Waals surface area contributed by atoms with Gasteiger partial charge >= 0.3 is 5.97 Å². The van der Waals surface area contributed by atoms with Crippen LogP contribution < -0.4 is 10.9 Å². The van der Waals surface area contributed by atoms with Gasteiger partial charge in [0.25, 0.3) is 5.91 Å². The number of hydrazine groups is 1. The standard InChI is InChI=1S/C16H16FN3O4S/c1-9-3-4-11(5-12(9)17)16(23)24-7-14(22)20-19-13(21)6-15-18-10(2)8-25-15/h3-5,8H,6-7H2,1-2H3,(H,19,21)(H,20,22). The number of nitrogens with zero attached hydrogens (tertiary/aromatic N) is 1. The number of carbonyl (C=O) groups is 3. The van der Waals surface area contributed by atoms with Crippen LogP contribution in [0.25, 0.3) is 0 Å². The van der Waals surface area contributed by atoms with Crippen molar-refractivity contribution in [1.82, 2.24) is 15.8 Å². The molecule has 9 heteroatoms. The van der Waals surface area contributed by atoms with Gasteiger partial charge in [-0.3, -0.25) is 20.4 Å². The highest BCUT2D eigenvalue weighted by atomic mass is 32.1. The van der Waals surface area contributed by atoms with Crippen LogP contribution >= 0.6 is 11.3 Å². The van der Waals surface area contributed by atoms with Crippen molar-refractivity contribution in [3.8, 4) is 0 Å². The van der Waals surface area contributed by atoms with E-state index in [1.165, 1.54) is 23.5 Å². The van der Waals surface area contributed by atoms with Gasteiger partial charge in [0.2, 0.25) is 5.91 Å². The lowest BCUT2D eigenvalue weighted by atomic mass is 10.1. The molecule has 0 bridgehead atoms. The number of rotatable bonds is 5. The molecule has 7 nitrogen and oxygen atoms in total. The molecular formula is C16H16FN3O4S. The van der Waals surface area contributed by atoms with Crippen LogP contribution in [0.1, 0.15) is 26.6 Å². The first kappa shape index (κ1) is 18.5. The number of halogens is 1. The molecule has 0 saturated carbocycles. The largest absolute Gasteiger partial charge is 0.452 e. The summed E-state index contributed by atoms with van der Waals surface area (Å²) in [4.78, 5) is 39.1. The van der Waals surface area contributed by atoms with Gasteiger partial charge in [-0.2, -0.15) is 0 Å². The summed E-state index contributed by atoms with van der Waals surface area (Å²) in [6.07, 6.45) is 0.0290. The molecule has 25 heavy (non-hydrogen) atoms. The van der Waals surface area contributed by atoms with Crippen LogP contribution in [0.3, 0.4) is 0 Å². The quantitative estimate of drug-likeness (QED) is 0.617. The summed E-state index contributed by atoms with van der Waals surface area (Å²) >= 11 is 1.34. The summed E-state index contributed by atoms with van der Waals surface area (Å²) < 4.78 is 18.1. The molecule has 0 fully saturated rings. The second kappa shape index (κ2) is 8.34. The Kier molecular flexibility index (Phi) is 6.18. The van der Waals surface area contributed by atoms with E-state index in [2.05, 4.69) is 15.8 Å². The maximum Gasteiger partial charge on any atom is 0.338 e. The second-order valence-electron chi connectivity index (χ2n) is 5.20. The molecule has 0 unspecified atom stereocenters. The first-order valence-electron chi connectivity index (χ1n) is 7.27. The molecule has 0 aliphatic carbocycles. The highest BCUT2D eigenvalue weighted by Gasteiger charge is 2.13. The van der Waals surface area contributed by atoms with E-state index in [1.54, 1.807) is 6.92 Å². The average molecular weight is 365 g/mol. The fraction of sp³-hybridized carbons (Fsp3) is 0.250. The number of benzene rings is 1. The highest BCUT2D eigenvalue weighted by Crippen LogP contribution is 2.10. The third-order valence-corrected chi connectivity index (χ3v) is 4.03. The monoisotopic (exact) mass is 365 g/mol. The lowest BCUT2D eigenvalue weighted by molar-refractivity contribution is -0.130. The van der Waals surface area contributed by atoms with Crippen LogP contribution in [0.2, 0.25) is 0 Å². The fourth-order valence-electron chi connectivity index (χ4n) is 1.78. The number of aromatic nitrogens is 1. The van der Waals surface area contributed by atoms with Crippen LogP contribution in [0.15, 0.2) is 23.6 Å². The molecule has 2 aromatic rings. The summed E-state index contributed by atoms with van der Waals surface area (Å²) in [5.41, 5.74) is 5.53. The van der Waals surface area contributed by atoms with E-state index in [1.807, 2.05) is 12.3 Å². The molecule has 0 spiro atoms. The summed E-state index contributed by atoms with van der Waals surface area (Å²) in [5.74, 6) is -2.54. The molecule has 1 heterocycles. The van der Waals surface area contributed by atoms with Gasteiger partial charge in [-0.25, -0.2) is 14.2 Å². The topological polar surface area (TPSA) is 97.4 Å². The van der Waals surface area contributed by atoms with Crippen LogP contribution in [0, 0.1) is 19.7 Å². The zero-order valence-electron chi connectivity index (χ0n) is 13.6. The zero-order chi connectivity index (χ0) is 18.4. The molecule has 1 aromatic heterocycles. The Labute approximate surface area is 147 Å². The van der Waals surface area contributed by atoms with Gasteiger partial charge in [0.15, 0.2) is 6.61 Å². The van der Waals surface area contributed by atoms with Crippen LogP contribution in [-0.2, 0) is 20.7 Å².